The van der Waals surface area contributed by atoms with Crippen molar-refractivity contribution in [2.45, 2.75) is 71.1 Å². The number of Topliss-reactive ketones (excluding diaryl/α,β-unsaturated/α-hetero) is 1. The molecule has 2 amide bonds. The molecule has 2 aromatic carbocycles. The summed E-state index contributed by atoms with van der Waals surface area (Å²) in [6, 6.07) is 20.1. The second-order valence-corrected chi connectivity index (χ2v) is 12.5. The molecule has 1 aromatic heterocycles. The number of hydrogen-bond donors (Lipinski definition) is 2. The number of pyridine rings is 1. The molecular formula is C38H48N4O2. The Morgan fingerprint density at radius 2 is 1.41 bits per heavy atom. The van der Waals surface area contributed by atoms with Crippen molar-refractivity contribution in [3.63, 3.8) is 0 Å². The Kier molecular flexibility index (Phi) is 12.0. The molecule has 4 fully saturated rings. The van der Waals surface area contributed by atoms with Gasteiger partial charge in [0.1, 0.15) is 5.82 Å². The molecule has 3 saturated carbocycles. The Balaban J connectivity index is 0.000000170. The maximum atomic E-state index is 12.1. The van der Waals surface area contributed by atoms with E-state index in [0.717, 1.165) is 66.0 Å². The molecule has 3 aromatic rings. The monoisotopic (exact) mass is 592 g/mol. The van der Waals surface area contributed by atoms with Crippen LogP contribution in [0, 0.1) is 30.6 Å². The van der Waals surface area contributed by atoms with Gasteiger partial charge in [0.05, 0.1) is 0 Å². The summed E-state index contributed by atoms with van der Waals surface area (Å²) in [5.74, 6) is 3.52. The Labute approximate surface area is 264 Å². The average molecular weight is 593 g/mol. The number of hydrogen-bond acceptors (Lipinski definition) is 4. The molecule has 1 saturated heterocycles. The van der Waals surface area contributed by atoms with Crippen LogP contribution in [0.4, 0.5) is 16.3 Å². The molecule has 2 N–H and O–H groups in total. The Hall–Kier alpha value is -4.11. The molecule has 0 bridgehead atoms. The summed E-state index contributed by atoms with van der Waals surface area (Å²) in [6.45, 7) is 6.23. The van der Waals surface area contributed by atoms with E-state index < -0.39 is 0 Å². The molecule has 2 heterocycles. The number of piperidine rings is 1. The minimum atomic E-state index is 0.0551. The fourth-order valence-electron chi connectivity index (χ4n) is 5.41. The van der Waals surface area contributed by atoms with Gasteiger partial charge in [0, 0.05) is 49.1 Å². The van der Waals surface area contributed by atoms with E-state index >= 15 is 0 Å². The molecule has 2 unspecified atom stereocenters. The van der Waals surface area contributed by atoms with Crippen LogP contribution in [0.2, 0.25) is 0 Å². The smallest absolute Gasteiger partial charge is 0.321 e. The third-order valence-corrected chi connectivity index (χ3v) is 9.09. The molecule has 6 heteroatoms. The zero-order valence-electron chi connectivity index (χ0n) is 26.6. The first kappa shape index (κ1) is 32.8. The molecule has 6 nitrogen and oxygen atoms in total. The number of terminal acetylenes is 1. The van der Waals surface area contributed by atoms with Crippen LogP contribution >= 0.6 is 0 Å². The van der Waals surface area contributed by atoms with Crippen molar-refractivity contribution >= 4 is 23.3 Å². The number of nitrogens with zero attached hydrogens (tertiary/aromatic N) is 2. The van der Waals surface area contributed by atoms with Crippen molar-refractivity contribution in [2.24, 2.45) is 17.8 Å². The first-order valence-corrected chi connectivity index (χ1v) is 16.2. The third-order valence-electron chi connectivity index (χ3n) is 9.09. The standard InChI is InChI=1S/C17H18N2O.C15H20N2O.C4H8.C2H2/c1-18-16-10-9-15(11-19-16)12-5-7-14(8-6-12)17(20)13-3-2-4-13;1-10(2)11-3-5-14(6-4-11)16-15(18)17-8-12-7-13(12)9-17;1-2-4-3-1;1-2/h5-11,13H,2-4H2,1H3,(H,18,19);3-6,10,12-13H,7-9H2,1-2H3,(H,16,18);1-4H2;1-2H. The largest absolute Gasteiger partial charge is 0.373 e. The van der Waals surface area contributed by atoms with Gasteiger partial charge in [-0.1, -0.05) is 82.3 Å². The van der Waals surface area contributed by atoms with Crippen molar-refractivity contribution < 1.29 is 9.59 Å². The molecule has 4 aliphatic rings. The molecule has 3 aliphatic carbocycles. The molecule has 232 valence electrons. The number of ketones is 1. The first-order chi connectivity index (χ1) is 21.4. The van der Waals surface area contributed by atoms with Gasteiger partial charge >= 0.3 is 6.03 Å². The number of carbonyl (C=O) groups is 2. The predicted molar refractivity (Wildman–Crippen MR) is 182 cm³/mol. The van der Waals surface area contributed by atoms with Crippen LogP contribution in [-0.4, -0.2) is 41.8 Å². The fraction of sp³-hybridized carbons (Fsp3) is 0.447. The lowest BCUT2D eigenvalue weighted by molar-refractivity contribution is 0.0855. The lowest BCUT2D eigenvalue weighted by Gasteiger charge is -2.23. The Bertz CT molecular complexity index is 1340. The lowest BCUT2D eigenvalue weighted by atomic mass is 9.80. The molecule has 0 radical (unpaired) electrons. The van der Waals surface area contributed by atoms with E-state index in [1.807, 2.05) is 66.7 Å². The van der Waals surface area contributed by atoms with Crippen LogP contribution in [-0.2, 0) is 0 Å². The summed E-state index contributed by atoms with van der Waals surface area (Å²) < 4.78 is 0. The number of fused-ring (bicyclic) bond motifs is 1. The number of anilines is 2. The van der Waals surface area contributed by atoms with E-state index in [2.05, 4.69) is 54.4 Å². The van der Waals surface area contributed by atoms with Crippen molar-refractivity contribution in [1.82, 2.24) is 9.88 Å². The van der Waals surface area contributed by atoms with E-state index in [9.17, 15) is 9.59 Å². The summed E-state index contributed by atoms with van der Waals surface area (Å²) in [4.78, 5) is 30.4. The van der Waals surface area contributed by atoms with Gasteiger partial charge in [-0.2, -0.15) is 0 Å². The van der Waals surface area contributed by atoms with Crippen LogP contribution in [0.1, 0.15) is 87.1 Å². The number of carbonyl (C=O) groups excluding carboxylic acids is 2. The summed E-state index contributed by atoms with van der Waals surface area (Å²) >= 11 is 0. The third kappa shape index (κ3) is 8.95. The number of likely N-dealkylation sites (tertiary alicyclic amines) is 1. The molecule has 7 rings (SSSR count). The van der Waals surface area contributed by atoms with Gasteiger partial charge in [-0.05, 0) is 72.4 Å². The fourth-order valence-corrected chi connectivity index (χ4v) is 5.41. The minimum Gasteiger partial charge on any atom is -0.373 e. The van der Waals surface area contributed by atoms with Gasteiger partial charge in [0.2, 0.25) is 0 Å². The van der Waals surface area contributed by atoms with Crippen molar-refractivity contribution in [3.05, 3.63) is 78.0 Å². The SMILES string of the molecule is C#C.C1CCC1.CC(C)c1ccc(NC(=O)N2CC3CC3C2)cc1.CNc1ccc(-c2ccc(C(=O)C3CCC3)cc2)cn1. The van der Waals surface area contributed by atoms with Gasteiger partial charge in [-0.25, -0.2) is 9.78 Å². The Morgan fingerprint density at radius 1 is 0.818 bits per heavy atom. The number of amides is 2. The predicted octanol–water partition coefficient (Wildman–Crippen LogP) is 8.88. The zero-order chi connectivity index (χ0) is 31.5. The molecule has 2 atom stereocenters. The van der Waals surface area contributed by atoms with Crippen molar-refractivity contribution in [1.29, 1.82) is 0 Å². The number of rotatable bonds is 6. The topological polar surface area (TPSA) is 74.3 Å². The lowest BCUT2D eigenvalue weighted by Crippen LogP contribution is -2.34. The van der Waals surface area contributed by atoms with Gasteiger partial charge in [0.25, 0.3) is 0 Å². The quantitative estimate of drug-likeness (QED) is 0.221. The zero-order valence-corrected chi connectivity index (χ0v) is 26.6. The highest BCUT2D eigenvalue weighted by atomic mass is 16.2. The van der Waals surface area contributed by atoms with Crippen LogP contribution in [0.5, 0.6) is 0 Å². The highest BCUT2D eigenvalue weighted by molar-refractivity contribution is 5.98. The highest BCUT2D eigenvalue weighted by Gasteiger charge is 2.46. The number of urea groups is 1. The number of nitrogens with one attached hydrogen (secondary N) is 2. The van der Waals surface area contributed by atoms with E-state index in [1.54, 1.807) is 0 Å². The van der Waals surface area contributed by atoms with Crippen LogP contribution in [0.15, 0.2) is 66.9 Å². The average Bonchev–Trinajstić information content (AvgIpc) is 3.61. The summed E-state index contributed by atoms with van der Waals surface area (Å²) in [6.07, 6.45) is 20.5. The summed E-state index contributed by atoms with van der Waals surface area (Å²) in [5, 5.41) is 5.98. The van der Waals surface area contributed by atoms with Gasteiger partial charge < -0.3 is 15.5 Å². The highest BCUT2D eigenvalue weighted by Crippen LogP contribution is 2.45. The number of benzene rings is 2. The molecule has 1 aliphatic heterocycles. The number of aromatic nitrogens is 1. The van der Waals surface area contributed by atoms with Crippen molar-refractivity contribution in [3.8, 4) is 24.0 Å². The van der Waals surface area contributed by atoms with E-state index in [4.69, 9.17) is 0 Å². The Morgan fingerprint density at radius 3 is 1.86 bits per heavy atom. The first-order valence-electron chi connectivity index (χ1n) is 16.2. The molecule has 44 heavy (non-hydrogen) atoms. The maximum Gasteiger partial charge on any atom is 0.321 e. The maximum absolute atomic E-state index is 12.1. The normalized spacial score (nSPS) is 19.2. The second-order valence-electron chi connectivity index (χ2n) is 12.5. The summed E-state index contributed by atoms with van der Waals surface area (Å²) in [5.41, 5.74) is 5.18. The van der Waals surface area contributed by atoms with E-state index in [0.29, 0.717) is 11.7 Å². The van der Waals surface area contributed by atoms with E-state index in [1.165, 1.54) is 44.1 Å². The van der Waals surface area contributed by atoms with Crippen molar-refractivity contribution in [2.75, 3.05) is 30.8 Å². The van der Waals surface area contributed by atoms with E-state index in [-0.39, 0.29) is 11.9 Å². The second kappa shape index (κ2) is 16.1. The van der Waals surface area contributed by atoms with Crippen LogP contribution < -0.4 is 10.6 Å². The van der Waals surface area contributed by atoms with Crippen LogP contribution in [0.25, 0.3) is 11.1 Å². The van der Waals surface area contributed by atoms with Gasteiger partial charge in [0.15, 0.2) is 5.78 Å². The van der Waals surface area contributed by atoms with Gasteiger partial charge in [-0.15, -0.1) is 12.8 Å². The minimum absolute atomic E-state index is 0.0551. The van der Waals surface area contributed by atoms with Crippen LogP contribution in [0.3, 0.4) is 0 Å². The molecule has 0 spiro atoms. The summed E-state index contributed by atoms with van der Waals surface area (Å²) in [7, 11) is 1.85. The molecular weight excluding hydrogens is 544 g/mol. The van der Waals surface area contributed by atoms with Gasteiger partial charge in [-0.3, -0.25) is 4.79 Å².